The third-order valence-electron chi connectivity index (χ3n) is 3.08. The molecule has 0 saturated heterocycles. The third kappa shape index (κ3) is 2.83. The van der Waals surface area contributed by atoms with Gasteiger partial charge in [-0.2, -0.15) is 0 Å². The summed E-state index contributed by atoms with van der Waals surface area (Å²) in [4.78, 5) is 18.3. The first kappa shape index (κ1) is 13.3. The van der Waals surface area contributed by atoms with Gasteiger partial charge in [-0.05, 0) is 18.8 Å². The molecule has 4 nitrogen and oxygen atoms in total. The number of rotatable bonds is 4. The van der Waals surface area contributed by atoms with Crippen LogP contribution in [-0.4, -0.2) is 29.7 Å². The molecule has 0 aliphatic heterocycles. The second-order valence-electron chi connectivity index (χ2n) is 6.05. The molecule has 1 aromatic rings. The minimum Gasteiger partial charge on any atom is -0.477 e. The molecule has 0 amide bonds. The van der Waals surface area contributed by atoms with E-state index in [4.69, 9.17) is 0 Å². The van der Waals surface area contributed by atoms with E-state index in [1.165, 1.54) is 24.2 Å². The van der Waals surface area contributed by atoms with Crippen LogP contribution in [0.3, 0.4) is 0 Å². The van der Waals surface area contributed by atoms with Crippen LogP contribution in [0.5, 0.6) is 0 Å². The number of carboxylic acids is 1. The number of hydrogen-bond acceptors (Lipinski definition) is 4. The molecule has 0 unspecified atom stereocenters. The van der Waals surface area contributed by atoms with Crippen LogP contribution in [-0.2, 0) is 5.41 Å². The summed E-state index contributed by atoms with van der Waals surface area (Å²) in [6.07, 6.45) is 2.57. The Morgan fingerprint density at radius 2 is 2.11 bits per heavy atom. The number of carbonyl (C=O) groups is 1. The number of thiazole rings is 1. The van der Waals surface area contributed by atoms with Gasteiger partial charge in [0, 0.05) is 19.0 Å². The smallest absolute Gasteiger partial charge is 0.347 e. The average molecular weight is 268 g/mol. The summed E-state index contributed by atoms with van der Waals surface area (Å²) in [6, 6.07) is 0. The van der Waals surface area contributed by atoms with Crippen molar-refractivity contribution >= 4 is 22.4 Å². The number of carboxylic acid groups (broad SMARTS) is 1. The summed E-state index contributed by atoms with van der Waals surface area (Å²) in [5, 5.41) is 10.1. The fraction of sp³-hybridized carbons (Fsp3) is 0.692. The van der Waals surface area contributed by atoms with Crippen LogP contribution in [0.15, 0.2) is 0 Å². The Morgan fingerprint density at radius 3 is 2.50 bits per heavy atom. The van der Waals surface area contributed by atoms with Crippen LogP contribution in [0.25, 0.3) is 0 Å². The first-order valence-corrected chi connectivity index (χ1v) is 7.06. The fourth-order valence-electron chi connectivity index (χ4n) is 1.89. The molecule has 1 fully saturated rings. The van der Waals surface area contributed by atoms with E-state index in [2.05, 4.69) is 9.88 Å². The Kier molecular flexibility index (Phi) is 3.36. The molecule has 0 spiro atoms. The van der Waals surface area contributed by atoms with Crippen LogP contribution < -0.4 is 4.90 Å². The second kappa shape index (κ2) is 4.53. The van der Waals surface area contributed by atoms with Gasteiger partial charge in [0.25, 0.3) is 0 Å². The van der Waals surface area contributed by atoms with Gasteiger partial charge in [-0.3, -0.25) is 0 Å². The highest BCUT2D eigenvalue weighted by molar-refractivity contribution is 7.17. The van der Waals surface area contributed by atoms with Gasteiger partial charge < -0.3 is 10.0 Å². The molecular formula is C13H20N2O2S. The summed E-state index contributed by atoms with van der Waals surface area (Å²) in [6.45, 7) is 6.98. The summed E-state index contributed by atoms with van der Waals surface area (Å²) in [5.41, 5.74) is 0.459. The van der Waals surface area contributed by atoms with Gasteiger partial charge in [-0.15, -0.1) is 0 Å². The largest absolute Gasteiger partial charge is 0.477 e. The van der Waals surface area contributed by atoms with Crippen LogP contribution >= 0.6 is 11.3 Å². The van der Waals surface area contributed by atoms with Gasteiger partial charge in [0.15, 0.2) is 5.13 Å². The van der Waals surface area contributed by atoms with Gasteiger partial charge >= 0.3 is 5.97 Å². The average Bonchev–Trinajstić information content (AvgIpc) is 2.92. The minimum absolute atomic E-state index is 0.233. The summed E-state index contributed by atoms with van der Waals surface area (Å²) in [7, 11) is 2.00. The molecule has 1 saturated carbocycles. The lowest BCUT2D eigenvalue weighted by atomic mass is 9.91. The van der Waals surface area contributed by atoms with E-state index in [9.17, 15) is 9.90 Å². The predicted molar refractivity (Wildman–Crippen MR) is 73.8 cm³/mol. The number of hydrogen-bond donors (Lipinski definition) is 1. The molecule has 1 N–H and O–H groups in total. The highest BCUT2D eigenvalue weighted by atomic mass is 32.1. The first-order valence-electron chi connectivity index (χ1n) is 6.24. The second-order valence-corrected chi connectivity index (χ2v) is 7.03. The quantitative estimate of drug-likeness (QED) is 0.912. The lowest BCUT2D eigenvalue weighted by Gasteiger charge is -2.17. The summed E-state index contributed by atoms with van der Waals surface area (Å²) in [5.74, 6) is -0.103. The van der Waals surface area contributed by atoms with E-state index in [1.807, 2.05) is 27.8 Å². The zero-order chi connectivity index (χ0) is 13.5. The predicted octanol–water partition coefficient (Wildman–Crippen LogP) is 2.99. The fourth-order valence-corrected chi connectivity index (χ4v) is 2.98. The molecule has 0 atom stereocenters. The number of nitrogens with zero attached hydrogens (tertiary/aromatic N) is 2. The van der Waals surface area contributed by atoms with Crippen LogP contribution in [0.2, 0.25) is 0 Å². The SMILES string of the molecule is CN(CC1CC1)c1nc(C(C)(C)C)c(C(=O)O)s1. The van der Waals surface area contributed by atoms with Crippen LogP contribution in [0.4, 0.5) is 5.13 Å². The van der Waals surface area contributed by atoms with Crippen molar-refractivity contribution in [3.8, 4) is 0 Å². The molecule has 0 aromatic carbocycles. The van der Waals surface area contributed by atoms with Crippen molar-refractivity contribution in [1.82, 2.24) is 4.98 Å². The van der Waals surface area contributed by atoms with Gasteiger partial charge in [-0.25, -0.2) is 9.78 Å². The normalized spacial score (nSPS) is 15.8. The van der Waals surface area contributed by atoms with Gasteiger partial charge in [0.05, 0.1) is 5.69 Å². The zero-order valence-corrected chi connectivity index (χ0v) is 12.2. The van der Waals surface area contributed by atoms with Gasteiger partial charge in [0.2, 0.25) is 0 Å². The van der Waals surface area contributed by atoms with E-state index in [-0.39, 0.29) is 5.41 Å². The van der Waals surface area contributed by atoms with Crippen LogP contribution in [0, 0.1) is 5.92 Å². The van der Waals surface area contributed by atoms with E-state index >= 15 is 0 Å². The van der Waals surface area contributed by atoms with Crippen LogP contribution in [0.1, 0.15) is 49.0 Å². The highest BCUT2D eigenvalue weighted by Crippen LogP contribution is 2.36. The molecule has 1 aromatic heterocycles. The molecule has 5 heteroatoms. The lowest BCUT2D eigenvalue weighted by molar-refractivity contribution is 0.0699. The standard InChI is InChI=1S/C13H20N2O2S/c1-13(2,3)10-9(11(16)17)18-12(14-10)15(4)7-8-5-6-8/h8H,5-7H2,1-4H3,(H,16,17). The van der Waals surface area contributed by atoms with E-state index < -0.39 is 5.97 Å². The van der Waals surface area contributed by atoms with Gasteiger partial charge in [0.1, 0.15) is 4.88 Å². The van der Waals surface area contributed by atoms with E-state index in [1.54, 1.807) is 0 Å². The molecule has 1 aliphatic rings. The minimum atomic E-state index is -0.872. The molecule has 1 aliphatic carbocycles. The zero-order valence-electron chi connectivity index (χ0n) is 11.4. The number of aromatic nitrogens is 1. The number of aromatic carboxylic acids is 1. The highest BCUT2D eigenvalue weighted by Gasteiger charge is 2.29. The van der Waals surface area contributed by atoms with Crippen molar-refractivity contribution in [3.05, 3.63) is 10.6 Å². The molecule has 2 rings (SSSR count). The maximum atomic E-state index is 11.3. The molecule has 100 valence electrons. The lowest BCUT2D eigenvalue weighted by Crippen LogP contribution is -2.20. The maximum Gasteiger partial charge on any atom is 0.347 e. The summed E-state index contributed by atoms with van der Waals surface area (Å²) < 4.78 is 0. The first-order chi connectivity index (χ1) is 8.29. The Balaban J connectivity index is 2.29. The van der Waals surface area contributed by atoms with Crippen molar-refractivity contribution in [3.63, 3.8) is 0 Å². The van der Waals surface area contributed by atoms with E-state index in [0.29, 0.717) is 10.6 Å². The number of anilines is 1. The summed E-state index contributed by atoms with van der Waals surface area (Å²) >= 11 is 1.29. The molecule has 0 bridgehead atoms. The topological polar surface area (TPSA) is 53.4 Å². The maximum absolute atomic E-state index is 11.3. The Morgan fingerprint density at radius 1 is 1.50 bits per heavy atom. The molecular weight excluding hydrogens is 248 g/mol. The molecule has 0 radical (unpaired) electrons. The van der Waals surface area contributed by atoms with Crippen molar-refractivity contribution in [2.75, 3.05) is 18.5 Å². The Hall–Kier alpha value is -1.10. The van der Waals surface area contributed by atoms with Crippen molar-refractivity contribution < 1.29 is 9.90 Å². The van der Waals surface area contributed by atoms with Crippen molar-refractivity contribution in [2.24, 2.45) is 5.92 Å². The molecule has 18 heavy (non-hydrogen) atoms. The Bertz CT molecular complexity index is 458. The monoisotopic (exact) mass is 268 g/mol. The van der Waals surface area contributed by atoms with Crippen molar-refractivity contribution in [1.29, 1.82) is 0 Å². The van der Waals surface area contributed by atoms with Gasteiger partial charge in [-0.1, -0.05) is 32.1 Å². The van der Waals surface area contributed by atoms with Crippen molar-refractivity contribution in [2.45, 2.75) is 39.0 Å². The van der Waals surface area contributed by atoms with E-state index in [0.717, 1.165) is 17.6 Å². The Labute approximate surface area is 112 Å². The molecule has 1 heterocycles. The third-order valence-corrected chi connectivity index (χ3v) is 4.23.